The Hall–Kier alpha value is -1.46. The number of unbranched alkanes of at least 4 members (excludes halogenated alkanes) is 1. The molecule has 5 nitrogen and oxygen atoms in total. The quantitative estimate of drug-likeness (QED) is 0.679. The van der Waals surface area contributed by atoms with Crippen molar-refractivity contribution in [1.29, 1.82) is 0 Å². The molecule has 20 heavy (non-hydrogen) atoms. The Balaban J connectivity index is 2.01. The summed E-state index contributed by atoms with van der Waals surface area (Å²) in [5.74, 6) is 2.35. The summed E-state index contributed by atoms with van der Waals surface area (Å²) in [6.45, 7) is 4.93. The molecule has 0 unspecified atom stereocenters. The SMILES string of the molecule is CCCNCc1cc2c(cc1OCCCCO)OCO2. The summed E-state index contributed by atoms with van der Waals surface area (Å²) in [5.41, 5.74) is 1.08. The summed E-state index contributed by atoms with van der Waals surface area (Å²) in [6, 6.07) is 3.87. The van der Waals surface area contributed by atoms with Crippen LogP contribution in [0.2, 0.25) is 0 Å². The first-order chi connectivity index (χ1) is 9.85. The van der Waals surface area contributed by atoms with Crippen molar-refractivity contribution in [3.8, 4) is 17.2 Å². The van der Waals surface area contributed by atoms with Crippen LogP contribution in [-0.4, -0.2) is 31.7 Å². The minimum absolute atomic E-state index is 0.204. The average Bonchev–Trinajstić information content (AvgIpc) is 2.91. The molecule has 0 saturated carbocycles. The van der Waals surface area contributed by atoms with Crippen molar-refractivity contribution in [3.63, 3.8) is 0 Å². The summed E-state index contributed by atoms with van der Waals surface area (Å²) in [6.07, 6.45) is 2.69. The Morgan fingerprint density at radius 3 is 2.80 bits per heavy atom. The predicted octanol–water partition coefficient (Wildman–Crippen LogP) is 2.07. The van der Waals surface area contributed by atoms with Crippen LogP contribution in [0.3, 0.4) is 0 Å². The van der Waals surface area contributed by atoms with Crippen LogP contribution in [0.15, 0.2) is 12.1 Å². The van der Waals surface area contributed by atoms with Crippen LogP contribution in [0.1, 0.15) is 31.7 Å². The molecular weight excluding hydrogens is 258 g/mol. The molecule has 112 valence electrons. The molecule has 5 heteroatoms. The lowest BCUT2D eigenvalue weighted by atomic mass is 10.1. The fraction of sp³-hybridized carbons (Fsp3) is 0.600. The van der Waals surface area contributed by atoms with E-state index in [1.807, 2.05) is 12.1 Å². The molecule has 1 heterocycles. The van der Waals surface area contributed by atoms with Gasteiger partial charge in [-0.15, -0.1) is 0 Å². The van der Waals surface area contributed by atoms with Gasteiger partial charge >= 0.3 is 0 Å². The second kappa shape index (κ2) is 7.97. The molecule has 0 saturated heterocycles. The van der Waals surface area contributed by atoms with Gasteiger partial charge in [0.2, 0.25) is 6.79 Å². The Labute approximate surface area is 119 Å². The van der Waals surface area contributed by atoms with Crippen LogP contribution in [0, 0.1) is 0 Å². The van der Waals surface area contributed by atoms with Gasteiger partial charge in [0.15, 0.2) is 11.5 Å². The molecule has 0 amide bonds. The van der Waals surface area contributed by atoms with Gasteiger partial charge in [-0.25, -0.2) is 0 Å². The highest BCUT2D eigenvalue weighted by atomic mass is 16.7. The smallest absolute Gasteiger partial charge is 0.231 e. The van der Waals surface area contributed by atoms with E-state index in [4.69, 9.17) is 19.3 Å². The van der Waals surface area contributed by atoms with E-state index in [1.54, 1.807) is 0 Å². The first-order valence-electron chi connectivity index (χ1n) is 7.22. The number of fused-ring (bicyclic) bond motifs is 1. The lowest BCUT2D eigenvalue weighted by molar-refractivity contribution is 0.173. The molecule has 1 aromatic rings. The second-order valence-corrected chi connectivity index (χ2v) is 4.77. The van der Waals surface area contributed by atoms with Crippen LogP contribution >= 0.6 is 0 Å². The summed E-state index contributed by atoms with van der Waals surface area (Å²) >= 11 is 0. The monoisotopic (exact) mass is 281 g/mol. The summed E-state index contributed by atoms with van der Waals surface area (Å²) in [5, 5.41) is 12.2. The standard InChI is InChI=1S/C15H23NO4/c1-2-5-16-10-12-8-14-15(20-11-19-14)9-13(12)18-7-4-3-6-17/h8-9,16-17H,2-7,10-11H2,1H3. The molecule has 0 spiro atoms. The minimum Gasteiger partial charge on any atom is -0.493 e. The normalized spacial score (nSPS) is 12.7. The van der Waals surface area contributed by atoms with E-state index < -0.39 is 0 Å². The van der Waals surface area contributed by atoms with Crippen molar-refractivity contribution in [1.82, 2.24) is 5.32 Å². The molecule has 2 N–H and O–H groups in total. The fourth-order valence-corrected chi connectivity index (χ4v) is 2.03. The van der Waals surface area contributed by atoms with Gasteiger partial charge in [-0.1, -0.05) is 6.92 Å². The zero-order valence-corrected chi connectivity index (χ0v) is 12.0. The Kier molecular flexibility index (Phi) is 5.95. The number of nitrogens with one attached hydrogen (secondary N) is 1. The maximum Gasteiger partial charge on any atom is 0.231 e. The lowest BCUT2D eigenvalue weighted by Gasteiger charge is -2.13. The highest BCUT2D eigenvalue weighted by Crippen LogP contribution is 2.38. The molecule has 0 radical (unpaired) electrons. The third-order valence-electron chi connectivity index (χ3n) is 3.11. The van der Waals surface area contributed by atoms with Crippen LogP contribution in [-0.2, 0) is 6.54 Å². The molecule has 0 aromatic heterocycles. The molecular formula is C15H23NO4. The molecule has 0 atom stereocenters. The van der Waals surface area contributed by atoms with Gasteiger partial charge in [0, 0.05) is 24.8 Å². The van der Waals surface area contributed by atoms with Crippen molar-refractivity contribution in [3.05, 3.63) is 17.7 Å². The van der Waals surface area contributed by atoms with E-state index in [1.165, 1.54) is 0 Å². The van der Waals surface area contributed by atoms with Crippen molar-refractivity contribution in [2.45, 2.75) is 32.7 Å². The Bertz CT molecular complexity index is 423. The molecule has 0 fully saturated rings. The summed E-state index contributed by atoms with van der Waals surface area (Å²) in [4.78, 5) is 0. The average molecular weight is 281 g/mol. The van der Waals surface area contributed by atoms with Gasteiger partial charge in [-0.05, 0) is 31.9 Å². The van der Waals surface area contributed by atoms with Crippen molar-refractivity contribution in [2.24, 2.45) is 0 Å². The van der Waals surface area contributed by atoms with Crippen LogP contribution in [0.4, 0.5) is 0 Å². The number of hydrogen-bond donors (Lipinski definition) is 2. The maximum absolute atomic E-state index is 8.79. The number of aliphatic hydroxyl groups excluding tert-OH is 1. The second-order valence-electron chi connectivity index (χ2n) is 4.77. The van der Waals surface area contributed by atoms with Gasteiger partial charge in [-0.2, -0.15) is 0 Å². The van der Waals surface area contributed by atoms with Crippen molar-refractivity contribution >= 4 is 0 Å². The van der Waals surface area contributed by atoms with Gasteiger partial charge in [0.05, 0.1) is 6.61 Å². The topological polar surface area (TPSA) is 60.0 Å². The zero-order chi connectivity index (χ0) is 14.2. The largest absolute Gasteiger partial charge is 0.493 e. The van der Waals surface area contributed by atoms with Crippen molar-refractivity contribution < 1.29 is 19.3 Å². The number of rotatable bonds is 9. The summed E-state index contributed by atoms with van der Waals surface area (Å²) < 4.78 is 16.6. The third kappa shape index (κ3) is 4.02. The van der Waals surface area contributed by atoms with Crippen LogP contribution < -0.4 is 19.5 Å². The number of benzene rings is 1. The van der Waals surface area contributed by atoms with Crippen molar-refractivity contribution in [2.75, 3.05) is 26.6 Å². The maximum atomic E-state index is 8.79. The molecule has 1 aliphatic rings. The predicted molar refractivity (Wildman–Crippen MR) is 76.4 cm³/mol. The van der Waals surface area contributed by atoms with Crippen LogP contribution in [0.5, 0.6) is 17.2 Å². The summed E-state index contributed by atoms with van der Waals surface area (Å²) in [7, 11) is 0. The fourth-order valence-electron chi connectivity index (χ4n) is 2.03. The number of ether oxygens (including phenoxy) is 3. The molecule has 2 rings (SSSR count). The van der Waals surface area contributed by atoms with E-state index in [-0.39, 0.29) is 13.4 Å². The first-order valence-corrected chi connectivity index (χ1v) is 7.22. The van der Waals surface area contributed by atoms with E-state index in [0.717, 1.165) is 55.2 Å². The Morgan fingerprint density at radius 1 is 1.25 bits per heavy atom. The van der Waals surface area contributed by atoms with Gasteiger partial charge < -0.3 is 24.6 Å². The first kappa shape index (κ1) is 14.9. The highest BCUT2D eigenvalue weighted by molar-refractivity contribution is 5.51. The van der Waals surface area contributed by atoms with Gasteiger partial charge in [-0.3, -0.25) is 0 Å². The van der Waals surface area contributed by atoms with E-state index in [0.29, 0.717) is 6.61 Å². The zero-order valence-electron chi connectivity index (χ0n) is 12.0. The van der Waals surface area contributed by atoms with Gasteiger partial charge in [0.1, 0.15) is 5.75 Å². The number of aliphatic hydroxyl groups is 1. The highest BCUT2D eigenvalue weighted by Gasteiger charge is 2.17. The third-order valence-corrected chi connectivity index (χ3v) is 3.11. The van der Waals surface area contributed by atoms with Crippen LogP contribution in [0.25, 0.3) is 0 Å². The minimum atomic E-state index is 0.204. The van der Waals surface area contributed by atoms with E-state index in [9.17, 15) is 0 Å². The van der Waals surface area contributed by atoms with E-state index in [2.05, 4.69) is 12.2 Å². The molecule has 0 bridgehead atoms. The lowest BCUT2D eigenvalue weighted by Crippen LogP contribution is -2.15. The van der Waals surface area contributed by atoms with Gasteiger partial charge in [0.25, 0.3) is 0 Å². The molecule has 1 aliphatic heterocycles. The Morgan fingerprint density at radius 2 is 2.05 bits per heavy atom. The molecule has 1 aromatic carbocycles. The number of hydrogen-bond acceptors (Lipinski definition) is 5. The molecule has 0 aliphatic carbocycles. The van der Waals surface area contributed by atoms with E-state index >= 15 is 0 Å².